The van der Waals surface area contributed by atoms with E-state index >= 15 is 0 Å². The van der Waals surface area contributed by atoms with Crippen molar-refractivity contribution < 1.29 is 18.7 Å². The van der Waals surface area contributed by atoms with Crippen molar-refractivity contribution >= 4 is 44.5 Å². The Morgan fingerprint density at radius 1 is 1.64 bits per heavy atom. The van der Waals surface area contributed by atoms with Gasteiger partial charge in [0.2, 0.25) is 0 Å². The molecule has 76 valence electrons. The lowest BCUT2D eigenvalue weighted by Gasteiger charge is -2.07. The zero-order valence-electron chi connectivity index (χ0n) is 6.47. The van der Waals surface area contributed by atoms with Crippen LogP contribution >= 0.6 is 38.5 Å². The van der Waals surface area contributed by atoms with Gasteiger partial charge in [-0.1, -0.05) is 0 Å². The maximum atomic E-state index is 12.5. The van der Waals surface area contributed by atoms with E-state index in [9.17, 15) is 13.6 Å². The molecule has 1 aromatic heterocycles. The number of pyridine rings is 1. The quantitative estimate of drug-likeness (QED) is 0.806. The van der Waals surface area contributed by atoms with Crippen LogP contribution in [0.25, 0.3) is 0 Å². The number of halogens is 4. The summed E-state index contributed by atoms with van der Waals surface area (Å²) in [5, 5.41) is 8.61. The molecule has 0 aliphatic rings. The molecular formula is C7H3BrF2INO2. The van der Waals surface area contributed by atoms with Gasteiger partial charge in [0, 0.05) is 14.2 Å². The smallest absolute Gasteiger partial charge is 0.355 e. The molecule has 1 rings (SSSR count). The van der Waals surface area contributed by atoms with Crippen LogP contribution in [0.1, 0.15) is 22.5 Å². The monoisotopic (exact) mass is 377 g/mol. The Hall–Kier alpha value is -0.310. The van der Waals surface area contributed by atoms with Gasteiger partial charge in [0.15, 0.2) is 5.69 Å². The Kier molecular flexibility index (Phi) is 3.76. The molecule has 1 aromatic rings. The van der Waals surface area contributed by atoms with Gasteiger partial charge in [-0.05, 0) is 38.5 Å². The topological polar surface area (TPSA) is 50.2 Å². The van der Waals surface area contributed by atoms with Gasteiger partial charge < -0.3 is 5.11 Å². The first-order valence-electron chi connectivity index (χ1n) is 3.30. The number of carboxylic acid groups (broad SMARTS) is 1. The molecule has 0 fully saturated rings. The van der Waals surface area contributed by atoms with Crippen LogP contribution in [0.2, 0.25) is 0 Å². The molecule has 0 radical (unpaired) electrons. The van der Waals surface area contributed by atoms with E-state index in [1.165, 1.54) is 6.20 Å². The minimum absolute atomic E-state index is 0.0838. The third kappa shape index (κ3) is 2.19. The Labute approximate surface area is 99.8 Å². The number of aromatic carboxylic acids is 1. The standard InChI is InChI=1S/C7H3BrF2INO2/c8-4-2(11)1-12-5(7(13)14)3(4)6(9)10/h1,6H,(H,13,14). The van der Waals surface area contributed by atoms with Gasteiger partial charge in [-0.3, -0.25) is 0 Å². The van der Waals surface area contributed by atoms with E-state index < -0.39 is 23.7 Å². The van der Waals surface area contributed by atoms with Crippen LogP contribution in [-0.2, 0) is 0 Å². The molecule has 7 heteroatoms. The van der Waals surface area contributed by atoms with Crippen LogP contribution in [0.5, 0.6) is 0 Å². The van der Waals surface area contributed by atoms with Crippen molar-refractivity contribution in [2.75, 3.05) is 0 Å². The lowest BCUT2D eigenvalue weighted by atomic mass is 10.2. The molecule has 0 aliphatic heterocycles. The Balaban J connectivity index is 3.45. The van der Waals surface area contributed by atoms with Gasteiger partial charge in [-0.25, -0.2) is 18.6 Å². The fourth-order valence-corrected chi connectivity index (χ4v) is 1.74. The first-order valence-corrected chi connectivity index (χ1v) is 5.17. The second-order valence-corrected chi connectivity index (χ2v) is 4.24. The summed E-state index contributed by atoms with van der Waals surface area (Å²) in [6.07, 6.45) is -1.64. The molecule has 0 amide bonds. The Morgan fingerprint density at radius 2 is 2.21 bits per heavy atom. The molecule has 0 saturated heterocycles. The summed E-state index contributed by atoms with van der Waals surface area (Å²) in [5.74, 6) is -1.46. The number of aromatic nitrogens is 1. The highest BCUT2D eigenvalue weighted by atomic mass is 127. The van der Waals surface area contributed by atoms with Crippen LogP contribution < -0.4 is 0 Å². The number of carbonyl (C=O) groups is 1. The Bertz CT molecular complexity index is 386. The second kappa shape index (κ2) is 4.47. The van der Waals surface area contributed by atoms with Gasteiger partial charge in [-0.15, -0.1) is 0 Å². The summed E-state index contributed by atoms with van der Waals surface area (Å²) >= 11 is 4.70. The van der Waals surface area contributed by atoms with Crippen LogP contribution in [0.4, 0.5) is 8.78 Å². The van der Waals surface area contributed by atoms with Crippen molar-refractivity contribution in [2.24, 2.45) is 0 Å². The zero-order chi connectivity index (χ0) is 10.9. The SMILES string of the molecule is O=C(O)c1ncc(I)c(Br)c1C(F)F. The van der Waals surface area contributed by atoms with Crippen molar-refractivity contribution in [1.29, 1.82) is 0 Å². The number of alkyl halides is 2. The lowest BCUT2D eigenvalue weighted by molar-refractivity contribution is 0.0676. The molecule has 0 atom stereocenters. The van der Waals surface area contributed by atoms with Gasteiger partial charge in [0.1, 0.15) is 0 Å². The van der Waals surface area contributed by atoms with Crippen molar-refractivity contribution in [2.45, 2.75) is 6.43 Å². The zero-order valence-corrected chi connectivity index (χ0v) is 10.2. The largest absolute Gasteiger partial charge is 0.476 e. The number of rotatable bonds is 2. The highest BCUT2D eigenvalue weighted by molar-refractivity contribution is 14.1. The normalized spacial score (nSPS) is 10.6. The highest BCUT2D eigenvalue weighted by Crippen LogP contribution is 2.32. The third-order valence-corrected chi connectivity index (χ3v) is 3.84. The van der Waals surface area contributed by atoms with E-state index in [1.807, 2.05) is 0 Å². The van der Waals surface area contributed by atoms with Crippen LogP contribution in [0.15, 0.2) is 10.7 Å². The molecule has 1 heterocycles. The molecular weight excluding hydrogens is 375 g/mol. The van der Waals surface area contributed by atoms with Crippen molar-refractivity contribution in [1.82, 2.24) is 4.98 Å². The van der Waals surface area contributed by atoms with Crippen LogP contribution in [0, 0.1) is 3.57 Å². The lowest BCUT2D eigenvalue weighted by Crippen LogP contribution is -2.07. The van der Waals surface area contributed by atoms with Crippen molar-refractivity contribution in [3.05, 3.63) is 25.5 Å². The van der Waals surface area contributed by atoms with Crippen LogP contribution in [0.3, 0.4) is 0 Å². The summed E-state index contributed by atoms with van der Waals surface area (Å²) in [6.45, 7) is 0. The van der Waals surface area contributed by atoms with Crippen LogP contribution in [-0.4, -0.2) is 16.1 Å². The van der Waals surface area contributed by atoms with Gasteiger partial charge in [0.25, 0.3) is 6.43 Å². The van der Waals surface area contributed by atoms with Gasteiger partial charge in [0.05, 0.1) is 5.56 Å². The molecule has 0 aromatic carbocycles. The number of nitrogens with zero attached hydrogens (tertiary/aromatic N) is 1. The molecule has 0 spiro atoms. The highest BCUT2D eigenvalue weighted by Gasteiger charge is 2.23. The predicted octanol–water partition coefficient (Wildman–Crippen LogP) is 3.08. The summed E-state index contributed by atoms with van der Waals surface area (Å²) in [7, 11) is 0. The average molecular weight is 378 g/mol. The summed E-state index contributed by atoms with van der Waals surface area (Å²) in [5.41, 5.74) is -1.20. The fourth-order valence-electron chi connectivity index (χ4n) is 0.850. The first kappa shape index (κ1) is 11.8. The van der Waals surface area contributed by atoms with E-state index in [1.54, 1.807) is 22.6 Å². The third-order valence-electron chi connectivity index (χ3n) is 1.43. The molecule has 1 N–H and O–H groups in total. The molecule has 14 heavy (non-hydrogen) atoms. The van der Waals surface area contributed by atoms with E-state index in [0.29, 0.717) is 3.57 Å². The Morgan fingerprint density at radius 3 is 2.64 bits per heavy atom. The minimum atomic E-state index is -2.86. The minimum Gasteiger partial charge on any atom is -0.476 e. The maximum Gasteiger partial charge on any atom is 0.355 e. The van der Waals surface area contributed by atoms with Crippen molar-refractivity contribution in [3.8, 4) is 0 Å². The van der Waals surface area contributed by atoms with Gasteiger partial charge >= 0.3 is 5.97 Å². The molecule has 0 unspecified atom stereocenters. The first-order chi connectivity index (χ1) is 6.45. The van der Waals surface area contributed by atoms with E-state index in [4.69, 9.17) is 5.11 Å². The summed E-state index contributed by atoms with van der Waals surface area (Å²) < 4.78 is 25.5. The number of hydrogen-bond donors (Lipinski definition) is 1. The number of hydrogen-bond acceptors (Lipinski definition) is 2. The molecule has 0 aliphatic carbocycles. The average Bonchev–Trinajstić information content (AvgIpc) is 2.08. The second-order valence-electron chi connectivity index (χ2n) is 2.29. The van der Waals surface area contributed by atoms with Gasteiger partial charge in [-0.2, -0.15) is 0 Å². The maximum absolute atomic E-state index is 12.5. The van der Waals surface area contributed by atoms with E-state index in [0.717, 1.165) is 0 Å². The molecule has 0 bridgehead atoms. The molecule has 3 nitrogen and oxygen atoms in total. The summed E-state index contributed by atoms with van der Waals surface area (Å²) in [4.78, 5) is 14.0. The van der Waals surface area contributed by atoms with E-state index in [-0.39, 0.29) is 4.47 Å². The summed E-state index contributed by atoms with van der Waals surface area (Å²) in [6, 6.07) is 0. The fraction of sp³-hybridized carbons (Fsp3) is 0.143. The number of carboxylic acids is 1. The predicted molar refractivity (Wildman–Crippen MR) is 56.6 cm³/mol. The molecule has 0 saturated carbocycles. The van der Waals surface area contributed by atoms with Crippen molar-refractivity contribution in [3.63, 3.8) is 0 Å². The van der Waals surface area contributed by atoms with E-state index in [2.05, 4.69) is 20.9 Å².